The molecule has 2 aromatic carbocycles. The quantitative estimate of drug-likeness (QED) is 0.363. The fourth-order valence-electron chi connectivity index (χ4n) is 3.26. The first-order chi connectivity index (χ1) is 14.1. The Bertz CT molecular complexity index is 767. The Morgan fingerprint density at radius 2 is 1.55 bits per heavy atom. The molecule has 1 atom stereocenters. The zero-order chi connectivity index (χ0) is 21.0. The molecule has 0 saturated carbocycles. The summed E-state index contributed by atoms with van der Waals surface area (Å²) in [5.74, 6) is 1.76. The van der Waals surface area contributed by atoms with Gasteiger partial charge in [0.2, 0.25) is 0 Å². The molecule has 0 aliphatic carbocycles. The first kappa shape index (κ1) is 23.6. The smallest absolute Gasteiger partial charge is 0.306 e. The molecule has 0 radical (unpaired) electrons. The molecule has 2 rings (SSSR count). The number of hydrogen-bond donors (Lipinski definition) is 1. The molecule has 0 heterocycles. The van der Waals surface area contributed by atoms with Gasteiger partial charge < -0.3 is 14.4 Å². The summed E-state index contributed by atoms with van der Waals surface area (Å²) in [5.41, 5.74) is 3.41. The largest absolute Gasteiger partial charge is 0.354 e. The van der Waals surface area contributed by atoms with Crippen molar-refractivity contribution in [1.82, 2.24) is 5.32 Å². The van der Waals surface area contributed by atoms with Gasteiger partial charge in [-0.2, -0.15) is 0 Å². The number of nitrogens with one attached hydrogen (secondary N) is 1. The van der Waals surface area contributed by atoms with Gasteiger partial charge in [-0.15, -0.1) is 0 Å². The molecule has 0 amide bonds. The summed E-state index contributed by atoms with van der Waals surface area (Å²) >= 11 is 0. The molecule has 4 nitrogen and oxygen atoms in total. The summed E-state index contributed by atoms with van der Waals surface area (Å²) in [5, 5.41) is 3.67. The van der Waals surface area contributed by atoms with E-state index < -0.39 is 7.60 Å². The van der Waals surface area contributed by atoms with E-state index in [4.69, 9.17) is 9.05 Å². The molecular formula is C24H34NO3P. The highest BCUT2D eigenvalue weighted by Gasteiger charge is 2.25. The third-order valence-electron chi connectivity index (χ3n) is 4.62. The maximum Gasteiger partial charge on any atom is 0.354 e. The van der Waals surface area contributed by atoms with Crippen LogP contribution in [0.15, 0.2) is 72.1 Å². The van der Waals surface area contributed by atoms with Gasteiger partial charge in [-0.25, -0.2) is 0 Å². The van der Waals surface area contributed by atoms with E-state index in [1.807, 2.05) is 50.2 Å². The molecule has 1 N–H and O–H groups in total. The minimum atomic E-state index is -3.29. The number of benzene rings is 2. The standard InChI is InChI=1S/C24H34NO3P/c1-4-7-16-23(20-29(26,27-5-2)28-6-3)24(22-17-12-9-13-18-22)25-19-21-14-10-8-11-15-21/h8-15,17-18,20,24-25H,4-7,16,19H2,1-3H3/b23-20+. The van der Waals surface area contributed by atoms with Crippen LogP contribution in [0, 0.1) is 0 Å². The number of unbranched alkanes of at least 4 members (excludes halogenated alkanes) is 1. The fourth-order valence-corrected chi connectivity index (χ4v) is 4.89. The zero-order valence-electron chi connectivity index (χ0n) is 17.8. The Balaban J connectivity index is 2.39. The van der Waals surface area contributed by atoms with E-state index in [1.54, 1.807) is 5.82 Å². The third-order valence-corrected chi connectivity index (χ3v) is 6.50. The minimum Gasteiger partial charge on any atom is -0.306 e. The second-order valence-electron chi connectivity index (χ2n) is 6.89. The lowest BCUT2D eigenvalue weighted by Crippen LogP contribution is -2.23. The van der Waals surface area contributed by atoms with Crippen molar-refractivity contribution in [2.75, 3.05) is 13.2 Å². The van der Waals surface area contributed by atoms with Crippen LogP contribution in [0.2, 0.25) is 0 Å². The van der Waals surface area contributed by atoms with Crippen LogP contribution in [-0.2, 0) is 20.2 Å². The molecule has 0 bridgehead atoms. The van der Waals surface area contributed by atoms with Crippen LogP contribution in [-0.4, -0.2) is 13.2 Å². The molecule has 0 aliphatic rings. The van der Waals surface area contributed by atoms with Gasteiger partial charge in [-0.05, 0) is 43.4 Å². The highest BCUT2D eigenvalue weighted by atomic mass is 31.2. The van der Waals surface area contributed by atoms with Crippen LogP contribution < -0.4 is 5.32 Å². The molecule has 0 aliphatic heterocycles. The average molecular weight is 416 g/mol. The Labute approximate surface area is 175 Å². The summed E-state index contributed by atoms with van der Waals surface area (Å²) < 4.78 is 24.4. The van der Waals surface area contributed by atoms with Crippen LogP contribution in [0.5, 0.6) is 0 Å². The second kappa shape index (κ2) is 12.8. The molecule has 5 heteroatoms. The SMILES string of the molecule is CCCC/C(=C\P(=O)(OCC)OCC)C(NCc1ccccc1)c1ccccc1. The van der Waals surface area contributed by atoms with Crippen molar-refractivity contribution >= 4 is 7.60 Å². The maximum atomic E-state index is 13.2. The molecular weight excluding hydrogens is 381 g/mol. The van der Waals surface area contributed by atoms with Crippen molar-refractivity contribution in [3.05, 3.63) is 83.2 Å². The Morgan fingerprint density at radius 3 is 2.10 bits per heavy atom. The van der Waals surface area contributed by atoms with Crippen LogP contribution in [0.1, 0.15) is 57.2 Å². The zero-order valence-corrected chi connectivity index (χ0v) is 18.7. The van der Waals surface area contributed by atoms with Crippen LogP contribution in [0.3, 0.4) is 0 Å². The van der Waals surface area contributed by atoms with Crippen molar-refractivity contribution in [2.45, 2.75) is 52.6 Å². The van der Waals surface area contributed by atoms with E-state index in [2.05, 4.69) is 36.5 Å². The Hall–Kier alpha value is -1.71. The summed E-state index contributed by atoms with van der Waals surface area (Å²) in [6.45, 7) is 7.26. The summed E-state index contributed by atoms with van der Waals surface area (Å²) in [7, 11) is -3.29. The second-order valence-corrected chi connectivity index (χ2v) is 8.75. The van der Waals surface area contributed by atoms with Gasteiger partial charge in [0.25, 0.3) is 0 Å². The highest BCUT2D eigenvalue weighted by molar-refractivity contribution is 7.57. The molecule has 29 heavy (non-hydrogen) atoms. The summed E-state index contributed by atoms with van der Waals surface area (Å²) in [6, 6.07) is 20.6. The van der Waals surface area contributed by atoms with Crippen LogP contribution >= 0.6 is 7.60 Å². The van der Waals surface area contributed by atoms with Crippen molar-refractivity contribution < 1.29 is 13.6 Å². The highest BCUT2D eigenvalue weighted by Crippen LogP contribution is 2.52. The van der Waals surface area contributed by atoms with Crippen LogP contribution in [0.25, 0.3) is 0 Å². The number of rotatable bonds is 13. The van der Waals surface area contributed by atoms with Gasteiger partial charge in [0, 0.05) is 12.4 Å². The number of hydrogen-bond acceptors (Lipinski definition) is 4. The van der Waals surface area contributed by atoms with Gasteiger partial charge in [0.1, 0.15) is 0 Å². The van der Waals surface area contributed by atoms with E-state index in [1.165, 1.54) is 5.56 Å². The summed E-state index contributed by atoms with van der Waals surface area (Å²) in [4.78, 5) is 0. The predicted octanol–water partition coefficient (Wildman–Crippen LogP) is 6.86. The molecule has 158 valence electrons. The lowest BCUT2D eigenvalue weighted by atomic mass is 9.95. The van der Waals surface area contributed by atoms with E-state index in [0.29, 0.717) is 13.2 Å². The minimum absolute atomic E-state index is 0.0582. The van der Waals surface area contributed by atoms with E-state index in [0.717, 1.165) is 36.9 Å². The van der Waals surface area contributed by atoms with Crippen molar-refractivity contribution in [3.63, 3.8) is 0 Å². The average Bonchev–Trinajstić information content (AvgIpc) is 2.74. The monoisotopic (exact) mass is 415 g/mol. The summed E-state index contributed by atoms with van der Waals surface area (Å²) in [6.07, 6.45) is 2.91. The lowest BCUT2D eigenvalue weighted by molar-refractivity contribution is 0.228. The first-order valence-corrected chi connectivity index (χ1v) is 12.2. The van der Waals surface area contributed by atoms with Gasteiger partial charge in [-0.3, -0.25) is 4.57 Å². The molecule has 0 fully saturated rings. The molecule has 2 aromatic rings. The molecule has 1 unspecified atom stereocenters. The van der Waals surface area contributed by atoms with E-state index in [9.17, 15) is 4.57 Å². The van der Waals surface area contributed by atoms with Gasteiger partial charge in [0.15, 0.2) is 0 Å². The predicted molar refractivity (Wildman–Crippen MR) is 121 cm³/mol. The van der Waals surface area contributed by atoms with Gasteiger partial charge >= 0.3 is 7.60 Å². The fraction of sp³-hybridized carbons (Fsp3) is 0.417. The van der Waals surface area contributed by atoms with Crippen LogP contribution in [0.4, 0.5) is 0 Å². The van der Waals surface area contributed by atoms with Crippen molar-refractivity contribution in [2.24, 2.45) is 0 Å². The first-order valence-electron chi connectivity index (χ1n) is 10.5. The van der Waals surface area contributed by atoms with Gasteiger partial charge in [0.05, 0.1) is 19.3 Å². The third kappa shape index (κ3) is 7.91. The van der Waals surface area contributed by atoms with E-state index >= 15 is 0 Å². The van der Waals surface area contributed by atoms with Crippen molar-refractivity contribution in [1.29, 1.82) is 0 Å². The molecule has 0 saturated heterocycles. The topological polar surface area (TPSA) is 47.6 Å². The Morgan fingerprint density at radius 1 is 0.966 bits per heavy atom. The van der Waals surface area contributed by atoms with Crippen molar-refractivity contribution in [3.8, 4) is 0 Å². The Kier molecular flexibility index (Phi) is 10.4. The lowest BCUT2D eigenvalue weighted by Gasteiger charge is -2.25. The molecule has 0 spiro atoms. The maximum absolute atomic E-state index is 13.2. The molecule has 0 aromatic heterocycles. The van der Waals surface area contributed by atoms with Gasteiger partial charge in [-0.1, -0.05) is 74.0 Å². The van der Waals surface area contributed by atoms with E-state index in [-0.39, 0.29) is 6.04 Å². The normalized spacial score (nSPS) is 13.4.